The van der Waals surface area contributed by atoms with Gasteiger partial charge in [0.05, 0.1) is 54.4 Å². The number of nitrogens with two attached hydrogens (primary N) is 1. The SMILES string of the molecule is CC(=O)N1CCN(CCO)CC1.CC(=O)NC1C(O)OC(CO)C(O)C1O.CC(=O)NCCCN(C)C.CC(=O)NCCCO.CC(=O)NCCN(C)C.CC(=O)NCCO.CC(N)=O.CCOC(=O)CNC(C)=O.CNC(C)=O.COC(=O)C(C)NC(C)=O.COC(=O)C(CO)NC(C)=O.COC(=O)C(NC(C)=O)C(C)C. The molecule has 0 bridgehead atoms. The Labute approximate surface area is 665 Å². The van der Waals surface area contributed by atoms with Crippen LogP contribution in [0.2, 0.25) is 0 Å². The van der Waals surface area contributed by atoms with Crippen LogP contribution in [0.25, 0.3) is 0 Å². The molecule has 666 valence electrons. The molecule has 20 N–H and O–H groups in total. The maximum absolute atomic E-state index is 11.1. The van der Waals surface area contributed by atoms with Gasteiger partial charge in [-0.15, -0.1) is 0 Å². The predicted octanol–water partition coefficient (Wildman–Crippen LogP) is -7.97. The van der Waals surface area contributed by atoms with Crippen molar-refractivity contribution in [2.75, 3.05) is 175 Å². The van der Waals surface area contributed by atoms with Gasteiger partial charge in [0.2, 0.25) is 70.9 Å². The third-order valence-corrected chi connectivity index (χ3v) is 12.4. The highest BCUT2D eigenvalue weighted by atomic mass is 16.6. The van der Waals surface area contributed by atoms with E-state index in [0.717, 1.165) is 65.3 Å². The fraction of sp³-hybridized carbons (Fsp3) is 0.768. The summed E-state index contributed by atoms with van der Waals surface area (Å²) in [6, 6.07) is -3.13. The highest BCUT2D eigenvalue weighted by Gasteiger charge is 2.44. The average molecular weight is 1640 g/mol. The first kappa shape index (κ1) is 125. The van der Waals surface area contributed by atoms with Crippen molar-refractivity contribution < 1.29 is 141 Å². The summed E-state index contributed by atoms with van der Waals surface area (Å²) < 4.78 is 22.5. The third-order valence-electron chi connectivity index (χ3n) is 12.4. The van der Waals surface area contributed by atoms with E-state index in [1.807, 2.05) is 51.8 Å². The van der Waals surface area contributed by atoms with Crippen LogP contribution in [0.1, 0.15) is 124 Å². The number of carbonyl (C=O) groups excluding carboxylic acids is 16. The Morgan fingerprint density at radius 2 is 0.920 bits per heavy atom. The van der Waals surface area contributed by atoms with Crippen molar-refractivity contribution in [3.8, 4) is 0 Å². The standard InChI is InChI=1S/C8H16N2O2.C8H15NO6.C8H15NO3.C7H16N2O.C6H14N2O.C6H11NO4.2C6H11NO3.C5H11NO2.C4H9NO2.C3H7NO.C2H5NO/c1-8(12)10-4-2-9(3-5-10)6-7-11;1-3(11)9-5-7(13)6(12)4(2-10)15-8(5)14;1-5(2)7(8(11)12-4)9-6(3)10;1-7(10)8-5-4-6-9(2)3;1-6(9)7-4-5-8(2)3;1-4(9)7-5(3-8)6(10)11-2;1-4(6(9)10-3)7-5(2)8;1-3-10-6(9)4-7-5(2)8;1-5(8)6-3-2-4-7;1-4(7)5-2-3-6;1-3(5)4-2;1-2(3)4/h11H,2-7H2,1H3;4-8,10,12-14H,2H2,1H3,(H,9,11);5,7H,1-4H3,(H,9,10);4-6H2,1-3H3,(H,8,10);4-5H2,1-3H3,(H,7,9);5,8H,3H2,1-2H3,(H,7,9);4H,1-3H3,(H,7,8);3-4H2,1-2H3,(H,7,8);7H,2-4H2,1H3,(H,6,8);6H,2-3H2,1H3,(H,5,7);1-2H3,(H,4,5);1H3,(H2,3,4). The third kappa shape index (κ3) is 101. The fourth-order valence-electron chi connectivity index (χ4n) is 6.97. The first-order chi connectivity index (χ1) is 52.3. The van der Waals surface area contributed by atoms with Crippen LogP contribution in [-0.4, -0.2) is 379 Å². The number of rotatable bonds is 27. The van der Waals surface area contributed by atoms with E-state index in [1.165, 1.54) is 97.5 Å². The monoisotopic (exact) mass is 1640 g/mol. The summed E-state index contributed by atoms with van der Waals surface area (Å²) in [6.45, 7) is 32.0. The number of hydrogen-bond donors (Lipinski definition) is 19. The lowest BCUT2D eigenvalue weighted by Gasteiger charge is -2.40. The van der Waals surface area contributed by atoms with E-state index in [4.69, 9.17) is 30.3 Å². The molecule has 8 unspecified atom stereocenters. The van der Waals surface area contributed by atoms with Gasteiger partial charge in [-0.05, 0) is 67.3 Å². The molecule has 8 atom stereocenters. The summed E-state index contributed by atoms with van der Waals surface area (Å²) in [5.41, 5.74) is 4.47. The van der Waals surface area contributed by atoms with Crippen LogP contribution in [0.5, 0.6) is 0 Å². The predicted molar refractivity (Wildman–Crippen MR) is 415 cm³/mol. The highest BCUT2D eigenvalue weighted by molar-refractivity contribution is 5.85. The molecule has 44 heteroatoms. The molecule has 0 aromatic heterocycles. The minimum absolute atomic E-state index is 0.00463. The zero-order valence-electron chi connectivity index (χ0n) is 70.9. The second-order valence-corrected chi connectivity index (χ2v) is 24.2. The Morgan fingerprint density at radius 1 is 0.504 bits per heavy atom. The number of methoxy groups -OCH3 is 3. The van der Waals surface area contributed by atoms with Crippen molar-refractivity contribution in [1.29, 1.82) is 0 Å². The van der Waals surface area contributed by atoms with Crippen LogP contribution in [0.3, 0.4) is 0 Å². The largest absolute Gasteiger partial charge is 0.467 e. The number of nitrogens with one attached hydrogen (secondary N) is 10. The van der Waals surface area contributed by atoms with Gasteiger partial charge in [-0.1, -0.05) is 13.8 Å². The van der Waals surface area contributed by atoms with Crippen LogP contribution in [0.15, 0.2) is 0 Å². The lowest BCUT2D eigenvalue weighted by Crippen LogP contribution is -2.63. The number of piperazine rings is 1. The van der Waals surface area contributed by atoms with Crippen molar-refractivity contribution in [3.63, 3.8) is 0 Å². The van der Waals surface area contributed by atoms with Gasteiger partial charge in [-0.2, -0.15) is 0 Å². The fourth-order valence-corrected chi connectivity index (χ4v) is 6.97. The number of amides is 12. The molecule has 2 fully saturated rings. The maximum Gasteiger partial charge on any atom is 0.330 e. The quantitative estimate of drug-likeness (QED) is 0.0206. The molecule has 0 aromatic carbocycles. The van der Waals surface area contributed by atoms with Gasteiger partial charge in [0.15, 0.2) is 12.3 Å². The van der Waals surface area contributed by atoms with Gasteiger partial charge in [0, 0.05) is 162 Å². The normalized spacial score (nSPS) is 15.2. The molecule has 2 heterocycles. The zero-order valence-corrected chi connectivity index (χ0v) is 70.9. The van der Waals surface area contributed by atoms with Crippen LogP contribution in [0.4, 0.5) is 0 Å². The lowest BCUT2D eigenvalue weighted by molar-refractivity contribution is -0.253. The van der Waals surface area contributed by atoms with E-state index in [2.05, 4.69) is 87.6 Å². The molecule has 0 spiro atoms. The Kier molecular flexibility index (Phi) is 92.8. The van der Waals surface area contributed by atoms with E-state index < -0.39 is 91.8 Å². The molecule has 2 aliphatic heterocycles. The number of nitrogens with zero attached hydrogens (tertiary/aromatic N) is 4. The number of hydrogen-bond acceptors (Lipinski definition) is 32. The summed E-state index contributed by atoms with van der Waals surface area (Å²) in [5.74, 6) is -3.61. The molecule has 2 saturated heterocycles. The molecule has 0 aromatic rings. The lowest BCUT2D eigenvalue weighted by atomic mass is 9.97. The second kappa shape index (κ2) is 84.0. The molecule has 0 aliphatic carbocycles. The summed E-state index contributed by atoms with van der Waals surface area (Å²) in [4.78, 5) is 174. The highest BCUT2D eigenvalue weighted by Crippen LogP contribution is 2.19. The minimum atomic E-state index is -1.45. The first-order valence-electron chi connectivity index (χ1n) is 35.5. The molecule has 2 rings (SSSR count). The molecular formula is C69H141N15O29. The van der Waals surface area contributed by atoms with Crippen LogP contribution in [0, 0.1) is 5.92 Å². The van der Waals surface area contributed by atoms with E-state index >= 15 is 0 Å². The number of carbonyl (C=O) groups is 16. The topological polar surface area (TPSA) is 640 Å². The molecule has 12 amide bonds. The Morgan fingerprint density at radius 3 is 1.23 bits per heavy atom. The number of ether oxygens (including phenoxy) is 5. The van der Waals surface area contributed by atoms with Crippen molar-refractivity contribution in [2.24, 2.45) is 11.7 Å². The average Bonchev–Trinajstić information content (AvgIpc) is 0.816. The summed E-state index contributed by atoms with van der Waals surface area (Å²) in [7, 11) is 13.4. The van der Waals surface area contributed by atoms with E-state index in [9.17, 15) is 92.0 Å². The van der Waals surface area contributed by atoms with Gasteiger partial charge >= 0.3 is 23.9 Å². The Hall–Kier alpha value is -8.96. The number of β-amino-alcohol motifs (C(OH)–C–C–N with tert-alkyl or cyclic N) is 1. The molecular weight excluding hydrogens is 1500 g/mol. The van der Waals surface area contributed by atoms with Gasteiger partial charge in [0.25, 0.3) is 0 Å². The minimum Gasteiger partial charge on any atom is -0.467 e. The van der Waals surface area contributed by atoms with E-state index in [0.29, 0.717) is 26.1 Å². The second-order valence-electron chi connectivity index (χ2n) is 24.2. The van der Waals surface area contributed by atoms with Crippen LogP contribution in [-0.2, 0) is 100 Å². The number of esters is 4. The van der Waals surface area contributed by atoms with Gasteiger partial charge < -0.3 is 138 Å². The van der Waals surface area contributed by atoms with Gasteiger partial charge in [-0.25, -0.2) is 14.4 Å². The number of likely N-dealkylation sites (N-methyl/N-ethyl adjacent to an activating group) is 1. The summed E-state index contributed by atoms with van der Waals surface area (Å²) in [6.07, 6.45) is -3.58. The molecule has 0 saturated carbocycles. The van der Waals surface area contributed by atoms with Gasteiger partial charge in [-0.3, -0.25) is 67.2 Å². The van der Waals surface area contributed by atoms with Crippen molar-refractivity contribution >= 4 is 94.8 Å². The van der Waals surface area contributed by atoms with Crippen molar-refractivity contribution in [1.82, 2.24) is 72.8 Å². The smallest absolute Gasteiger partial charge is 0.330 e. The zero-order chi connectivity index (χ0) is 90.5. The summed E-state index contributed by atoms with van der Waals surface area (Å²) >= 11 is 0. The van der Waals surface area contributed by atoms with E-state index in [-0.39, 0.29) is 97.3 Å². The first-order valence-corrected chi connectivity index (χ1v) is 35.5. The number of primary amides is 1. The molecule has 113 heavy (non-hydrogen) atoms. The van der Waals surface area contributed by atoms with Crippen molar-refractivity contribution in [2.45, 2.75) is 172 Å². The maximum atomic E-state index is 11.1. The molecule has 0 radical (unpaired) electrons. The number of aliphatic hydroxyl groups is 8. The van der Waals surface area contributed by atoms with Crippen LogP contribution >= 0.6 is 0 Å². The molecule has 2 aliphatic rings. The van der Waals surface area contributed by atoms with Crippen LogP contribution < -0.4 is 58.9 Å². The number of aliphatic hydroxyl groups excluding tert-OH is 8. The van der Waals surface area contributed by atoms with Crippen molar-refractivity contribution in [3.05, 3.63) is 0 Å². The molecule has 44 nitrogen and oxygen atoms in total. The van der Waals surface area contributed by atoms with Gasteiger partial charge in [0.1, 0.15) is 43.0 Å². The Bertz CT molecular complexity index is 2590. The van der Waals surface area contributed by atoms with E-state index in [1.54, 1.807) is 27.8 Å². The Balaban J connectivity index is -0.000000129. The summed E-state index contributed by atoms with van der Waals surface area (Å²) in [5, 5.41) is 95.2.